The fourth-order valence-corrected chi connectivity index (χ4v) is 1.36. The molecule has 13 heavy (non-hydrogen) atoms. The topological polar surface area (TPSA) is 0 Å². The molecule has 0 unspecified atom stereocenters. The Morgan fingerprint density at radius 3 is 2.46 bits per heavy atom. The molecule has 0 bridgehead atoms. The summed E-state index contributed by atoms with van der Waals surface area (Å²) in [4.78, 5) is 0. The number of halogens is 1. The van der Waals surface area contributed by atoms with Crippen molar-refractivity contribution in [3.05, 3.63) is 46.2 Å². The molecule has 0 fully saturated rings. The second-order valence-corrected chi connectivity index (χ2v) is 3.70. The fourth-order valence-electron chi connectivity index (χ4n) is 1.17. The first-order chi connectivity index (χ1) is 6.09. The Balaban J connectivity index is 3.17. The lowest BCUT2D eigenvalue weighted by Gasteiger charge is -1.98. The molecule has 1 aromatic carbocycles. The van der Waals surface area contributed by atoms with E-state index in [4.69, 9.17) is 11.6 Å². The number of benzene rings is 1. The Morgan fingerprint density at radius 1 is 1.23 bits per heavy atom. The molecule has 0 saturated carbocycles. The van der Waals surface area contributed by atoms with Gasteiger partial charge < -0.3 is 0 Å². The van der Waals surface area contributed by atoms with Gasteiger partial charge in [-0.15, -0.1) is 5.73 Å². The van der Waals surface area contributed by atoms with Gasteiger partial charge in [0.2, 0.25) is 0 Å². The van der Waals surface area contributed by atoms with Crippen LogP contribution in [-0.2, 0) is 0 Å². The molecule has 0 spiro atoms. The molecule has 0 amide bonds. The summed E-state index contributed by atoms with van der Waals surface area (Å²) in [5, 5.41) is 0.771. The van der Waals surface area contributed by atoms with Gasteiger partial charge in [-0.25, -0.2) is 0 Å². The monoisotopic (exact) mass is 192 g/mol. The van der Waals surface area contributed by atoms with Gasteiger partial charge in [-0.2, -0.15) is 0 Å². The molecule has 0 radical (unpaired) electrons. The van der Waals surface area contributed by atoms with Crippen molar-refractivity contribution in [1.82, 2.24) is 0 Å². The fraction of sp³-hybridized carbons (Fsp3) is 0.250. The van der Waals surface area contributed by atoms with E-state index in [0.29, 0.717) is 0 Å². The Labute approximate surface area is 84.5 Å². The summed E-state index contributed by atoms with van der Waals surface area (Å²) in [5.74, 6) is 0. The standard InChI is InChI=1S/C12H13Cl/c1-9(2)7-10(3)11-5-4-6-12(13)8-11/h4-6,8H,1-3H3. The van der Waals surface area contributed by atoms with Crippen molar-refractivity contribution in [2.24, 2.45) is 0 Å². The van der Waals surface area contributed by atoms with Crippen molar-refractivity contribution >= 4 is 17.2 Å². The van der Waals surface area contributed by atoms with Crippen molar-refractivity contribution in [2.45, 2.75) is 20.8 Å². The predicted molar refractivity (Wildman–Crippen MR) is 58.9 cm³/mol. The van der Waals surface area contributed by atoms with Crippen LogP contribution >= 0.6 is 11.6 Å². The van der Waals surface area contributed by atoms with Crippen LogP contribution in [0.5, 0.6) is 0 Å². The lowest BCUT2D eigenvalue weighted by molar-refractivity contribution is 1.40. The second-order valence-electron chi connectivity index (χ2n) is 3.26. The van der Waals surface area contributed by atoms with Gasteiger partial charge in [0, 0.05) is 5.02 Å². The van der Waals surface area contributed by atoms with Crippen molar-refractivity contribution < 1.29 is 0 Å². The Bertz CT molecular complexity index is 364. The number of hydrogen-bond donors (Lipinski definition) is 0. The highest BCUT2D eigenvalue weighted by Gasteiger charge is 1.94. The van der Waals surface area contributed by atoms with Crippen LogP contribution in [0.15, 0.2) is 35.6 Å². The van der Waals surface area contributed by atoms with Gasteiger partial charge in [-0.05, 0) is 49.6 Å². The van der Waals surface area contributed by atoms with E-state index in [1.165, 1.54) is 5.57 Å². The van der Waals surface area contributed by atoms with E-state index in [-0.39, 0.29) is 0 Å². The van der Waals surface area contributed by atoms with E-state index in [2.05, 4.69) is 5.73 Å². The molecular formula is C12H13Cl. The molecule has 1 heteroatoms. The van der Waals surface area contributed by atoms with Crippen molar-refractivity contribution in [2.75, 3.05) is 0 Å². The zero-order valence-electron chi connectivity index (χ0n) is 8.19. The largest absolute Gasteiger partial charge is 0.118 e. The highest BCUT2D eigenvalue weighted by Crippen LogP contribution is 2.17. The van der Waals surface area contributed by atoms with Crippen LogP contribution in [-0.4, -0.2) is 0 Å². The van der Waals surface area contributed by atoms with Crippen LogP contribution < -0.4 is 0 Å². The van der Waals surface area contributed by atoms with Crippen LogP contribution in [0.2, 0.25) is 5.02 Å². The molecule has 0 aliphatic heterocycles. The first kappa shape index (κ1) is 10.1. The lowest BCUT2D eigenvalue weighted by atomic mass is 10.1. The summed E-state index contributed by atoms with van der Waals surface area (Å²) < 4.78 is 0. The van der Waals surface area contributed by atoms with Crippen molar-refractivity contribution in [3.8, 4) is 0 Å². The van der Waals surface area contributed by atoms with E-state index < -0.39 is 0 Å². The summed E-state index contributed by atoms with van der Waals surface area (Å²) in [5.41, 5.74) is 6.70. The number of hydrogen-bond acceptors (Lipinski definition) is 0. The van der Waals surface area contributed by atoms with E-state index in [0.717, 1.165) is 16.2 Å². The molecule has 0 saturated heterocycles. The van der Waals surface area contributed by atoms with Crippen LogP contribution in [0.1, 0.15) is 26.3 Å². The summed E-state index contributed by atoms with van der Waals surface area (Å²) in [6, 6.07) is 7.82. The molecule has 1 aromatic rings. The maximum absolute atomic E-state index is 5.88. The summed E-state index contributed by atoms with van der Waals surface area (Å²) in [7, 11) is 0. The molecule has 0 aliphatic carbocycles. The third kappa shape index (κ3) is 3.10. The quantitative estimate of drug-likeness (QED) is 0.582. The summed E-state index contributed by atoms with van der Waals surface area (Å²) in [6.07, 6.45) is 0. The maximum Gasteiger partial charge on any atom is 0.0412 e. The normalized spacial score (nSPS) is 9.23. The average Bonchev–Trinajstić information content (AvgIpc) is 2.03. The van der Waals surface area contributed by atoms with E-state index in [1.807, 2.05) is 45.0 Å². The molecule has 0 heterocycles. The maximum atomic E-state index is 5.88. The van der Waals surface area contributed by atoms with Crippen LogP contribution in [0.3, 0.4) is 0 Å². The van der Waals surface area contributed by atoms with Crippen molar-refractivity contribution in [1.29, 1.82) is 0 Å². The SMILES string of the molecule is CC(C)=C=C(C)c1cccc(Cl)c1. The van der Waals surface area contributed by atoms with Gasteiger partial charge in [0.25, 0.3) is 0 Å². The van der Waals surface area contributed by atoms with Crippen LogP contribution in [0.4, 0.5) is 0 Å². The first-order valence-corrected chi connectivity index (χ1v) is 4.64. The average molecular weight is 193 g/mol. The Morgan fingerprint density at radius 2 is 1.92 bits per heavy atom. The van der Waals surface area contributed by atoms with Gasteiger partial charge in [0.05, 0.1) is 0 Å². The smallest absolute Gasteiger partial charge is 0.0412 e. The van der Waals surface area contributed by atoms with Crippen molar-refractivity contribution in [3.63, 3.8) is 0 Å². The minimum atomic E-state index is 0.771. The lowest BCUT2D eigenvalue weighted by Crippen LogP contribution is -1.77. The molecule has 0 N–H and O–H groups in total. The highest BCUT2D eigenvalue weighted by atomic mass is 35.5. The minimum Gasteiger partial charge on any atom is -0.118 e. The molecule has 0 nitrogen and oxygen atoms in total. The highest BCUT2D eigenvalue weighted by molar-refractivity contribution is 6.30. The molecule has 0 atom stereocenters. The summed E-state index contributed by atoms with van der Waals surface area (Å²) >= 11 is 5.88. The second kappa shape index (κ2) is 4.32. The van der Waals surface area contributed by atoms with Gasteiger partial charge in [0.1, 0.15) is 0 Å². The summed E-state index contributed by atoms with van der Waals surface area (Å²) in [6.45, 7) is 6.11. The molecule has 0 aliphatic rings. The van der Waals surface area contributed by atoms with Crippen LogP contribution in [0.25, 0.3) is 5.57 Å². The Hall–Kier alpha value is -0.970. The molecule has 0 aromatic heterocycles. The number of allylic oxidation sites excluding steroid dienone is 1. The van der Waals surface area contributed by atoms with Gasteiger partial charge in [-0.1, -0.05) is 23.7 Å². The zero-order valence-corrected chi connectivity index (χ0v) is 8.94. The van der Waals surface area contributed by atoms with E-state index in [1.54, 1.807) is 0 Å². The molecule has 68 valence electrons. The molecule has 1 rings (SSSR count). The van der Waals surface area contributed by atoms with Crippen LogP contribution in [0, 0.1) is 0 Å². The van der Waals surface area contributed by atoms with E-state index >= 15 is 0 Å². The minimum absolute atomic E-state index is 0.771. The predicted octanol–water partition coefficient (Wildman–Crippen LogP) is 4.31. The first-order valence-electron chi connectivity index (χ1n) is 4.26. The number of rotatable bonds is 1. The van der Waals surface area contributed by atoms with Gasteiger partial charge in [-0.3, -0.25) is 0 Å². The molecular weight excluding hydrogens is 180 g/mol. The van der Waals surface area contributed by atoms with Gasteiger partial charge in [0.15, 0.2) is 0 Å². The van der Waals surface area contributed by atoms with E-state index in [9.17, 15) is 0 Å². The Kier molecular flexibility index (Phi) is 3.36. The third-order valence-electron chi connectivity index (χ3n) is 1.70. The third-order valence-corrected chi connectivity index (χ3v) is 1.93. The zero-order chi connectivity index (χ0) is 9.84. The van der Waals surface area contributed by atoms with Gasteiger partial charge >= 0.3 is 0 Å².